The van der Waals surface area contributed by atoms with E-state index in [0.29, 0.717) is 6.54 Å². The van der Waals surface area contributed by atoms with Crippen molar-refractivity contribution in [3.05, 3.63) is 66.2 Å². The molecule has 0 aromatic heterocycles. The number of methoxy groups -OCH3 is 2. The summed E-state index contributed by atoms with van der Waals surface area (Å²) in [5.41, 5.74) is 1.97. The molecule has 2 N–H and O–H groups in total. The van der Waals surface area contributed by atoms with E-state index in [9.17, 15) is 4.79 Å². The smallest absolute Gasteiger partial charge is 0.279 e. The minimum Gasteiger partial charge on any atom is -0.497 e. The summed E-state index contributed by atoms with van der Waals surface area (Å²) in [6.45, 7) is 1.39. The molecule has 1 amide bonds. The molecule has 5 heteroatoms. The molecule has 0 bridgehead atoms. The molecule has 3 aromatic rings. The molecular formula is C24H27N2O3+. The standard InChI is InChI=1S/C24H26N2O3/c1-28-18-12-13-23(29-2)20(15-18)22-11-6-14-26(22)16-24(27)25-21-10-5-8-17-7-3-4-9-19(17)21/h3-5,7-10,12-13,15,22H,6,11,14,16H2,1-2H3,(H,25,27)/p+1/t22-/m0/s1. The zero-order valence-electron chi connectivity index (χ0n) is 16.9. The van der Waals surface area contributed by atoms with Crippen LogP contribution in [-0.4, -0.2) is 33.2 Å². The fourth-order valence-electron chi connectivity index (χ4n) is 4.35. The van der Waals surface area contributed by atoms with Crippen molar-refractivity contribution in [2.75, 3.05) is 32.6 Å². The van der Waals surface area contributed by atoms with E-state index in [4.69, 9.17) is 9.47 Å². The Balaban J connectivity index is 1.52. The molecule has 0 aliphatic carbocycles. The van der Waals surface area contributed by atoms with Gasteiger partial charge in [-0.2, -0.15) is 0 Å². The van der Waals surface area contributed by atoms with Crippen LogP contribution in [0.4, 0.5) is 5.69 Å². The highest BCUT2D eigenvalue weighted by molar-refractivity contribution is 6.02. The Morgan fingerprint density at radius 1 is 1.07 bits per heavy atom. The van der Waals surface area contributed by atoms with Gasteiger partial charge in [0.25, 0.3) is 5.91 Å². The minimum atomic E-state index is 0.0325. The molecule has 1 fully saturated rings. The zero-order chi connectivity index (χ0) is 20.2. The van der Waals surface area contributed by atoms with Gasteiger partial charge in [0, 0.05) is 23.9 Å². The van der Waals surface area contributed by atoms with Crippen LogP contribution in [0, 0.1) is 0 Å². The van der Waals surface area contributed by atoms with Gasteiger partial charge in [-0.05, 0) is 29.7 Å². The molecule has 0 saturated carbocycles. The van der Waals surface area contributed by atoms with E-state index in [1.807, 2.05) is 48.5 Å². The fraction of sp³-hybridized carbons (Fsp3) is 0.292. The number of benzene rings is 3. The van der Waals surface area contributed by atoms with Gasteiger partial charge in [0.2, 0.25) is 0 Å². The van der Waals surface area contributed by atoms with E-state index in [0.717, 1.165) is 52.9 Å². The van der Waals surface area contributed by atoms with Crippen molar-refractivity contribution >= 4 is 22.4 Å². The lowest BCUT2D eigenvalue weighted by Gasteiger charge is -2.23. The second-order valence-corrected chi connectivity index (χ2v) is 7.46. The average molecular weight is 391 g/mol. The number of ether oxygens (including phenoxy) is 2. The largest absolute Gasteiger partial charge is 0.497 e. The molecule has 4 rings (SSSR count). The van der Waals surface area contributed by atoms with Crippen LogP contribution in [0.3, 0.4) is 0 Å². The van der Waals surface area contributed by atoms with Gasteiger partial charge in [0.15, 0.2) is 6.54 Å². The first-order valence-electron chi connectivity index (χ1n) is 10.0. The van der Waals surface area contributed by atoms with E-state index in [-0.39, 0.29) is 11.9 Å². The predicted octanol–water partition coefficient (Wildman–Crippen LogP) is 3.22. The number of hydrogen-bond donors (Lipinski definition) is 2. The maximum atomic E-state index is 12.9. The van der Waals surface area contributed by atoms with Crippen molar-refractivity contribution in [1.29, 1.82) is 0 Å². The average Bonchev–Trinajstić information content (AvgIpc) is 3.21. The minimum absolute atomic E-state index is 0.0325. The Morgan fingerprint density at radius 3 is 2.72 bits per heavy atom. The lowest BCUT2D eigenvalue weighted by molar-refractivity contribution is -0.910. The molecule has 150 valence electrons. The molecule has 0 spiro atoms. The number of likely N-dealkylation sites (tertiary alicyclic amines) is 1. The monoisotopic (exact) mass is 391 g/mol. The number of rotatable bonds is 6. The third-order valence-corrected chi connectivity index (χ3v) is 5.75. The van der Waals surface area contributed by atoms with Crippen LogP contribution in [0.2, 0.25) is 0 Å². The molecule has 0 radical (unpaired) electrons. The van der Waals surface area contributed by atoms with Crippen molar-refractivity contribution in [3.8, 4) is 11.5 Å². The number of fused-ring (bicyclic) bond motifs is 1. The Kier molecular flexibility index (Phi) is 5.67. The summed E-state index contributed by atoms with van der Waals surface area (Å²) in [7, 11) is 3.36. The summed E-state index contributed by atoms with van der Waals surface area (Å²) >= 11 is 0. The van der Waals surface area contributed by atoms with Crippen LogP contribution >= 0.6 is 0 Å². The molecule has 29 heavy (non-hydrogen) atoms. The van der Waals surface area contributed by atoms with Crippen LogP contribution in [0.1, 0.15) is 24.4 Å². The lowest BCUT2D eigenvalue weighted by Crippen LogP contribution is -3.11. The molecule has 2 atom stereocenters. The molecule has 5 nitrogen and oxygen atoms in total. The van der Waals surface area contributed by atoms with Gasteiger partial charge < -0.3 is 19.7 Å². The molecular weight excluding hydrogens is 364 g/mol. The van der Waals surface area contributed by atoms with Crippen LogP contribution < -0.4 is 19.7 Å². The van der Waals surface area contributed by atoms with Crippen molar-refractivity contribution in [2.45, 2.75) is 18.9 Å². The van der Waals surface area contributed by atoms with E-state index < -0.39 is 0 Å². The molecule has 1 saturated heterocycles. The molecule has 1 unspecified atom stereocenters. The summed E-state index contributed by atoms with van der Waals surface area (Å²) in [4.78, 5) is 14.1. The van der Waals surface area contributed by atoms with E-state index >= 15 is 0 Å². The van der Waals surface area contributed by atoms with Gasteiger partial charge in [-0.25, -0.2) is 0 Å². The topological polar surface area (TPSA) is 52.0 Å². The maximum absolute atomic E-state index is 12.9. The third-order valence-electron chi connectivity index (χ3n) is 5.75. The summed E-state index contributed by atoms with van der Waals surface area (Å²) in [5.74, 6) is 1.70. The Hall–Kier alpha value is -3.05. The van der Waals surface area contributed by atoms with E-state index in [2.05, 4.69) is 17.4 Å². The van der Waals surface area contributed by atoms with Crippen molar-refractivity contribution < 1.29 is 19.2 Å². The van der Waals surface area contributed by atoms with Crippen LogP contribution in [0.5, 0.6) is 11.5 Å². The number of nitrogens with one attached hydrogen (secondary N) is 2. The number of amides is 1. The van der Waals surface area contributed by atoms with Gasteiger partial charge in [-0.1, -0.05) is 36.4 Å². The molecule has 1 aliphatic rings. The van der Waals surface area contributed by atoms with E-state index in [1.165, 1.54) is 4.90 Å². The summed E-state index contributed by atoms with van der Waals surface area (Å²) in [6, 6.07) is 20.2. The highest BCUT2D eigenvalue weighted by Crippen LogP contribution is 2.31. The SMILES string of the molecule is COc1ccc(OC)c([C@@H]2CCC[NH+]2CC(=O)Nc2cccc3ccccc23)c1. The van der Waals surface area contributed by atoms with Gasteiger partial charge in [-0.3, -0.25) is 4.79 Å². The summed E-state index contributed by atoms with van der Waals surface area (Å²) in [6.07, 6.45) is 2.11. The number of quaternary nitrogens is 1. The number of anilines is 1. The normalized spacial score (nSPS) is 18.6. The van der Waals surface area contributed by atoms with Gasteiger partial charge in [-0.15, -0.1) is 0 Å². The van der Waals surface area contributed by atoms with Crippen molar-refractivity contribution in [2.24, 2.45) is 0 Å². The van der Waals surface area contributed by atoms with Crippen LogP contribution in [0.15, 0.2) is 60.7 Å². The van der Waals surface area contributed by atoms with Crippen molar-refractivity contribution in [3.63, 3.8) is 0 Å². The predicted molar refractivity (Wildman–Crippen MR) is 115 cm³/mol. The number of hydrogen-bond acceptors (Lipinski definition) is 3. The number of carbonyl (C=O) groups excluding carboxylic acids is 1. The van der Waals surface area contributed by atoms with E-state index in [1.54, 1.807) is 14.2 Å². The van der Waals surface area contributed by atoms with Gasteiger partial charge >= 0.3 is 0 Å². The third kappa shape index (κ3) is 4.05. The van der Waals surface area contributed by atoms with Gasteiger partial charge in [0.05, 0.1) is 26.3 Å². The molecule has 1 aliphatic heterocycles. The second-order valence-electron chi connectivity index (χ2n) is 7.46. The zero-order valence-corrected chi connectivity index (χ0v) is 16.9. The summed E-state index contributed by atoms with van der Waals surface area (Å²) in [5, 5.41) is 5.30. The first kappa shape index (κ1) is 19.3. The van der Waals surface area contributed by atoms with Crippen molar-refractivity contribution in [1.82, 2.24) is 0 Å². The molecule has 1 heterocycles. The van der Waals surface area contributed by atoms with Crippen LogP contribution in [0.25, 0.3) is 10.8 Å². The van der Waals surface area contributed by atoms with Crippen LogP contribution in [-0.2, 0) is 4.79 Å². The van der Waals surface area contributed by atoms with Gasteiger partial charge in [0.1, 0.15) is 17.5 Å². The summed E-state index contributed by atoms with van der Waals surface area (Å²) < 4.78 is 11.0. The first-order chi connectivity index (χ1) is 14.2. The Bertz CT molecular complexity index is 1010. The highest BCUT2D eigenvalue weighted by Gasteiger charge is 2.34. The Labute approximate surface area is 171 Å². The Morgan fingerprint density at radius 2 is 1.90 bits per heavy atom. The number of carbonyl (C=O) groups is 1. The first-order valence-corrected chi connectivity index (χ1v) is 10.0. The quantitative estimate of drug-likeness (QED) is 0.678. The highest BCUT2D eigenvalue weighted by atomic mass is 16.5. The molecule has 3 aromatic carbocycles. The fourth-order valence-corrected chi connectivity index (χ4v) is 4.35. The second kappa shape index (κ2) is 8.53. The lowest BCUT2D eigenvalue weighted by atomic mass is 10.0. The maximum Gasteiger partial charge on any atom is 0.279 e.